The van der Waals surface area contributed by atoms with Crippen LogP contribution in [0.15, 0.2) is 22.7 Å². The average molecular weight is 276 g/mol. The number of nitrogens with zero attached hydrogens (tertiary/aromatic N) is 2. The van der Waals surface area contributed by atoms with Gasteiger partial charge in [0.15, 0.2) is 11.5 Å². The van der Waals surface area contributed by atoms with Crippen molar-refractivity contribution in [3.05, 3.63) is 24.0 Å². The molecule has 1 aliphatic carbocycles. The van der Waals surface area contributed by atoms with Crippen molar-refractivity contribution in [1.29, 1.82) is 0 Å². The lowest BCUT2D eigenvalue weighted by atomic mass is 9.79. The van der Waals surface area contributed by atoms with Gasteiger partial charge in [-0.1, -0.05) is 11.2 Å². The normalized spacial score (nSPS) is 16.7. The highest BCUT2D eigenvalue weighted by atomic mass is 16.5. The van der Waals surface area contributed by atoms with Crippen molar-refractivity contribution in [2.45, 2.75) is 24.9 Å². The van der Waals surface area contributed by atoms with Crippen LogP contribution in [-0.4, -0.2) is 29.5 Å². The minimum Gasteiger partial charge on any atom is -0.504 e. The lowest BCUT2D eigenvalue weighted by Crippen LogP contribution is -2.37. The molecule has 0 aliphatic heterocycles. The van der Waals surface area contributed by atoms with Crippen LogP contribution in [0.4, 0.5) is 0 Å². The van der Waals surface area contributed by atoms with Crippen LogP contribution in [0.2, 0.25) is 0 Å². The van der Waals surface area contributed by atoms with E-state index in [0.29, 0.717) is 17.1 Å². The van der Waals surface area contributed by atoms with Gasteiger partial charge < -0.3 is 19.1 Å². The second-order valence-corrected chi connectivity index (χ2v) is 4.83. The maximum Gasteiger partial charge on any atom is 0.261 e. The smallest absolute Gasteiger partial charge is 0.261 e. The number of phenols is 1. The number of phenolic OH excluding ortho intramolecular Hbond substituents is 1. The van der Waals surface area contributed by atoms with Gasteiger partial charge in [0.1, 0.15) is 5.60 Å². The second-order valence-electron chi connectivity index (χ2n) is 4.83. The lowest BCUT2D eigenvalue weighted by Gasteiger charge is -2.37. The van der Waals surface area contributed by atoms with Crippen molar-refractivity contribution >= 4 is 0 Å². The molecule has 1 aliphatic rings. The van der Waals surface area contributed by atoms with Gasteiger partial charge in [0.2, 0.25) is 5.82 Å². The molecule has 1 fully saturated rings. The molecule has 2 aromatic rings. The van der Waals surface area contributed by atoms with Crippen LogP contribution in [0.1, 0.15) is 25.1 Å². The number of methoxy groups -OCH3 is 2. The third-order valence-electron chi connectivity index (χ3n) is 3.83. The highest BCUT2D eigenvalue weighted by Crippen LogP contribution is 2.44. The molecular formula is C14H16N2O4. The van der Waals surface area contributed by atoms with E-state index < -0.39 is 5.60 Å². The zero-order chi connectivity index (χ0) is 14.2. The number of para-hydroxylation sites is 1. The number of rotatable bonds is 4. The topological polar surface area (TPSA) is 77.6 Å². The third-order valence-corrected chi connectivity index (χ3v) is 3.83. The van der Waals surface area contributed by atoms with Gasteiger partial charge in [-0.05, 0) is 31.4 Å². The van der Waals surface area contributed by atoms with Gasteiger partial charge in [-0.2, -0.15) is 4.98 Å². The van der Waals surface area contributed by atoms with E-state index in [2.05, 4.69) is 10.1 Å². The summed E-state index contributed by atoms with van der Waals surface area (Å²) in [6.07, 6.45) is 2.85. The van der Waals surface area contributed by atoms with E-state index in [1.165, 1.54) is 7.11 Å². The van der Waals surface area contributed by atoms with Crippen molar-refractivity contribution in [2.75, 3.05) is 14.2 Å². The Morgan fingerprint density at radius 3 is 2.70 bits per heavy atom. The third kappa shape index (κ3) is 1.84. The Morgan fingerprint density at radius 2 is 2.10 bits per heavy atom. The molecule has 20 heavy (non-hydrogen) atoms. The SMILES string of the molecule is COc1cccc(-c2nc(C3(OC)CCC3)no2)c1O. The van der Waals surface area contributed by atoms with Gasteiger partial charge in [0, 0.05) is 7.11 Å². The van der Waals surface area contributed by atoms with E-state index in [-0.39, 0.29) is 11.6 Å². The molecule has 1 aromatic heterocycles. The fourth-order valence-electron chi connectivity index (χ4n) is 2.39. The Morgan fingerprint density at radius 1 is 1.30 bits per heavy atom. The molecule has 3 rings (SSSR count). The number of hydrogen-bond donors (Lipinski definition) is 1. The Balaban J connectivity index is 1.98. The van der Waals surface area contributed by atoms with Gasteiger partial charge in [-0.25, -0.2) is 0 Å². The molecule has 1 N–H and O–H groups in total. The first-order chi connectivity index (χ1) is 9.70. The standard InChI is InChI=1S/C14H16N2O4/c1-18-10-6-3-5-9(11(10)17)12-15-13(16-20-12)14(19-2)7-4-8-14/h3,5-6,17H,4,7-8H2,1-2H3. The molecule has 1 heterocycles. The Hall–Kier alpha value is -2.08. The molecule has 6 nitrogen and oxygen atoms in total. The first kappa shape index (κ1) is 12.9. The number of ether oxygens (including phenoxy) is 2. The average Bonchev–Trinajstić information content (AvgIpc) is 2.88. The van der Waals surface area contributed by atoms with Crippen LogP contribution >= 0.6 is 0 Å². The van der Waals surface area contributed by atoms with Crippen molar-refractivity contribution < 1.29 is 19.1 Å². The fourth-order valence-corrected chi connectivity index (χ4v) is 2.39. The van der Waals surface area contributed by atoms with Crippen LogP contribution in [0.25, 0.3) is 11.5 Å². The number of aromatic hydroxyl groups is 1. The van der Waals surface area contributed by atoms with Crippen LogP contribution < -0.4 is 4.74 Å². The monoisotopic (exact) mass is 276 g/mol. The van der Waals surface area contributed by atoms with Gasteiger partial charge in [-0.3, -0.25) is 0 Å². The number of benzene rings is 1. The molecule has 0 spiro atoms. The predicted molar refractivity (Wildman–Crippen MR) is 70.5 cm³/mol. The van der Waals surface area contributed by atoms with Gasteiger partial charge in [0.25, 0.3) is 5.89 Å². The summed E-state index contributed by atoms with van der Waals surface area (Å²) in [4.78, 5) is 4.36. The molecule has 0 amide bonds. The first-order valence-corrected chi connectivity index (χ1v) is 6.46. The lowest BCUT2D eigenvalue weighted by molar-refractivity contribution is -0.0858. The van der Waals surface area contributed by atoms with Crippen molar-refractivity contribution in [3.8, 4) is 23.0 Å². The Kier molecular flexibility index (Phi) is 3.10. The zero-order valence-electron chi connectivity index (χ0n) is 11.4. The second kappa shape index (κ2) is 4.79. The molecule has 0 bridgehead atoms. The van der Waals surface area contributed by atoms with Gasteiger partial charge >= 0.3 is 0 Å². The molecule has 0 atom stereocenters. The van der Waals surface area contributed by atoms with Crippen molar-refractivity contribution in [1.82, 2.24) is 10.1 Å². The minimum atomic E-state index is -0.434. The highest BCUT2D eigenvalue weighted by molar-refractivity contribution is 5.66. The minimum absolute atomic E-state index is 0.00900. The number of aromatic nitrogens is 2. The number of hydrogen-bond acceptors (Lipinski definition) is 6. The predicted octanol–water partition coefficient (Wildman–Crippen LogP) is 2.48. The maximum absolute atomic E-state index is 10.1. The maximum atomic E-state index is 10.1. The van der Waals surface area contributed by atoms with E-state index in [4.69, 9.17) is 14.0 Å². The van der Waals surface area contributed by atoms with Gasteiger partial charge in [0.05, 0.1) is 12.7 Å². The van der Waals surface area contributed by atoms with Gasteiger partial charge in [-0.15, -0.1) is 0 Å². The summed E-state index contributed by atoms with van der Waals surface area (Å²) in [7, 11) is 3.14. The van der Waals surface area contributed by atoms with E-state index in [0.717, 1.165) is 19.3 Å². The van der Waals surface area contributed by atoms with Crippen LogP contribution in [-0.2, 0) is 10.3 Å². The molecule has 106 valence electrons. The molecule has 1 saturated carbocycles. The van der Waals surface area contributed by atoms with Crippen LogP contribution in [0.5, 0.6) is 11.5 Å². The van der Waals surface area contributed by atoms with Crippen LogP contribution in [0.3, 0.4) is 0 Å². The summed E-state index contributed by atoms with van der Waals surface area (Å²) >= 11 is 0. The molecular weight excluding hydrogens is 260 g/mol. The molecule has 6 heteroatoms. The fraction of sp³-hybridized carbons (Fsp3) is 0.429. The summed E-state index contributed by atoms with van der Waals surface area (Å²) in [6, 6.07) is 5.13. The van der Waals surface area contributed by atoms with E-state index in [1.54, 1.807) is 25.3 Å². The highest BCUT2D eigenvalue weighted by Gasteiger charge is 2.43. The molecule has 0 unspecified atom stereocenters. The van der Waals surface area contributed by atoms with E-state index >= 15 is 0 Å². The quantitative estimate of drug-likeness (QED) is 0.924. The summed E-state index contributed by atoms with van der Waals surface area (Å²) in [5.74, 6) is 1.15. The zero-order valence-corrected chi connectivity index (χ0v) is 11.4. The molecule has 0 saturated heterocycles. The molecule has 1 aromatic carbocycles. The first-order valence-electron chi connectivity index (χ1n) is 6.46. The Bertz CT molecular complexity index is 614. The summed E-state index contributed by atoms with van der Waals surface area (Å²) in [5.41, 5.74) is 0.0182. The molecule has 0 radical (unpaired) electrons. The summed E-state index contributed by atoms with van der Waals surface area (Å²) in [5, 5.41) is 14.1. The van der Waals surface area contributed by atoms with Crippen molar-refractivity contribution in [2.24, 2.45) is 0 Å². The summed E-state index contributed by atoms with van der Waals surface area (Å²) in [6.45, 7) is 0. The van der Waals surface area contributed by atoms with Crippen LogP contribution in [0, 0.1) is 0 Å². The van der Waals surface area contributed by atoms with E-state index in [9.17, 15) is 5.11 Å². The van der Waals surface area contributed by atoms with Crippen molar-refractivity contribution in [3.63, 3.8) is 0 Å². The Labute approximate surface area is 116 Å². The summed E-state index contributed by atoms with van der Waals surface area (Å²) < 4.78 is 15.8. The van der Waals surface area contributed by atoms with E-state index in [1.807, 2.05) is 0 Å². The largest absolute Gasteiger partial charge is 0.504 e.